The molecule has 1 saturated carbocycles. The highest BCUT2D eigenvalue weighted by Crippen LogP contribution is 2.65. The van der Waals surface area contributed by atoms with Gasteiger partial charge in [-0.2, -0.15) is 0 Å². The molecule has 2 aliphatic heterocycles. The van der Waals surface area contributed by atoms with Crippen molar-refractivity contribution in [3.05, 3.63) is 59.3 Å². The molecule has 1 aromatic heterocycles. The summed E-state index contributed by atoms with van der Waals surface area (Å²) >= 11 is 0. The van der Waals surface area contributed by atoms with E-state index < -0.39 is 0 Å². The number of hydrogen-bond acceptors (Lipinski definition) is 3. The van der Waals surface area contributed by atoms with Gasteiger partial charge < -0.3 is 9.80 Å². The molecule has 3 unspecified atom stereocenters. The first-order valence-electron chi connectivity index (χ1n) is 7.86. The van der Waals surface area contributed by atoms with Crippen LogP contribution in [-0.4, -0.2) is 18.2 Å². The van der Waals surface area contributed by atoms with Gasteiger partial charge in [-0.1, -0.05) is 24.3 Å². The number of aromatic nitrogens is 1. The number of hydrogen-bond donors (Lipinski definition) is 0. The van der Waals surface area contributed by atoms with E-state index in [4.69, 9.17) is 4.98 Å². The minimum atomic E-state index is 0.330. The molecule has 1 fully saturated rings. The van der Waals surface area contributed by atoms with Crippen LogP contribution in [0.5, 0.6) is 0 Å². The van der Waals surface area contributed by atoms with Gasteiger partial charge in [0.15, 0.2) is 5.82 Å². The molecule has 0 spiro atoms. The highest BCUT2D eigenvalue weighted by atomic mass is 15.4. The number of pyridine rings is 1. The third-order valence-electron chi connectivity index (χ3n) is 5.43. The van der Waals surface area contributed by atoms with Gasteiger partial charge in [0.05, 0.1) is 5.69 Å². The molecule has 3 heteroatoms. The second-order valence-electron chi connectivity index (χ2n) is 6.89. The Labute approximate surface area is 130 Å². The van der Waals surface area contributed by atoms with Gasteiger partial charge >= 0.3 is 0 Å². The molecule has 0 radical (unpaired) electrons. The van der Waals surface area contributed by atoms with Crippen molar-refractivity contribution in [2.75, 3.05) is 16.8 Å². The maximum Gasteiger partial charge on any atom is 0.158 e. The Bertz CT molecular complexity index is 839. The molecule has 0 amide bonds. The number of benzene rings is 1. The Morgan fingerprint density at radius 2 is 1.86 bits per heavy atom. The summed E-state index contributed by atoms with van der Waals surface area (Å²) in [5, 5.41) is 0. The Kier molecular flexibility index (Phi) is 2.08. The van der Waals surface area contributed by atoms with Crippen LogP contribution < -0.4 is 9.80 Å². The first-order valence-corrected chi connectivity index (χ1v) is 7.86. The SMILES string of the molecule is C=C1C2c3ccc(C)cc3N3c4ncc(C)cc4N(C)C3C12. The van der Waals surface area contributed by atoms with E-state index in [2.05, 4.69) is 61.5 Å². The normalized spacial score (nSPS) is 27.2. The average Bonchev–Trinajstić information content (AvgIpc) is 3.07. The monoisotopic (exact) mass is 289 g/mol. The molecule has 1 aliphatic carbocycles. The second kappa shape index (κ2) is 3.72. The zero-order chi connectivity index (χ0) is 15.2. The molecule has 3 aliphatic rings. The molecule has 22 heavy (non-hydrogen) atoms. The number of nitrogens with zero attached hydrogens (tertiary/aromatic N) is 3. The van der Waals surface area contributed by atoms with Crippen molar-refractivity contribution >= 4 is 17.2 Å². The molecule has 3 heterocycles. The predicted molar refractivity (Wildman–Crippen MR) is 89.9 cm³/mol. The van der Waals surface area contributed by atoms with Gasteiger partial charge in [0, 0.05) is 30.8 Å². The molecule has 2 aromatic rings. The first-order chi connectivity index (χ1) is 10.6. The van der Waals surface area contributed by atoms with Crippen molar-refractivity contribution in [3.8, 4) is 0 Å². The Morgan fingerprint density at radius 3 is 2.68 bits per heavy atom. The van der Waals surface area contributed by atoms with E-state index in [0.717, 1.165) is 5.82 Å². The summed E-state index contributed by atoms with van der Waals surface area (Å²) in [7, 11) is 2.19. The van der Waals surface area contributed by atoms with Gasteiger partial charge in [-0.3, -0.25) is 0 Å². The van der Waals surface area contributed by atoms with E-state index in [-0.39, 0.29) is 0 Å². The lowest BCUT2D eigenvalue weighted by molar-refractivity contribution is 0.570. The van der Waals surface area contributed by atoms with Crippen LogP contribution in [0.15, 0.2) is 42.6 Å². The molecule has 0 saturated heterocycles. The Hall–Kier alpha value is -2.29. The third-order valence-corrected chi connectivity index (χ3v) is 5.43. The standard InChI is InChI=1S/C19H19N3/c1-10-5-6-13-14(7-10)22-18-15(8-11(2)9-20-18)21(4)19(22)17-12(3)16(13)17/h5-9,16-17,19H,3H2,1-2,4H3. The first kappa shape index (κ1) is 12.3. The molecule has 0 bridgehead atoms. The number of anilines is 3. The summed E-state index contributed by atoms with van der Waals surface area (Å²) in [4.78, 5) is 9.57. The van der Waals surface area contributed by atoms with E-state index in [1.54, 1.807) is 0 Å². The van der Waals surface area contributed by atoms with Crippen molar-refractivity contribution in [3.63, 3.8) is 0 Å². The van der Waals surface area contributed by atoms with Gasteiger partial charge in [0.25, 0.3) is 0 Å². The lowest BCUT2D eigenvalue weighted by Crippen LogP contribution is -2.43. The van der Waals surface area contributed by atoms with E-state index in [0.29, 0.717) is 18.0 Å². The maximum absolute atomic E-state index is 4.75. The molecular weight excluding hydrogens is 270 g/mol. The molecule has 0 N–H and O–H groups in total. The average molecular weight is 289 g/mol. The Balaban J connectivity index is 1.79. The van der Waals surface area contributed by atoms with Crippen LogP contribution in [0.25, 0.3) is 0 Å². The smallest absolute Gasteiger partial charge is 0.158 e. The highest BCUT2D eigenvalue weighted by Gasteiger charge is 2.59. The summed E-state index contributed by atoms with van der Waals surface area (Å²) in [6.45, 7) is 8.60. The van der Waals surface area contributed by atoms with Crippen LogP contribution in [-0.2, 0) is 0 Å². The zero-order valence-corrected chi connectivity index (χ0v) is 13.2. The minimum Gasteiger partial charge on any atom is -0.350 e. The lowest BCUT2D eigenvalue weighted by Gasteiger charge is -2.35. The van der Waals surface area contributed by atoms with Gasteiger partial charge in [-0.05, 0) is 42.7 Å². The van der Waals surface area contributed by atoms with Gasteiger partial charge in [-0.25, -0.2) is 4.98 Å². The van der Waals surface area contributed by atoms with E-state index in [1.165, 1.54) is 33.6 Å². The molecular formula is C19H19N3. The summed E-state index contributed by atoms with van der Waals surface area (Å²) in [6.07, 6.45) is 2.30. The molecule has 110 valence electrons. The maximum atomic E-state index is 4.75. The second-order valence-corrected chi connectivity index (χ2v) is 6.89. The fourth-order valence-electron chi connectivity index (χ4n) is 4.31. The highest BCUT2D eigenvalue weighted by molar-refractivity contribution is 5.86. The van der Waals surface area contributed by atoms with Gasteiger partial charge in [0.1, 0.15) is 6.17 Å². The van der Waals surface area contributed by atoms with Crippen LogP contribution in [0.1, 0.15) is 22.6 Å². The van der Waals surface area contributed by atoms with Gasteiger partial charge in [-0.15, -0.1) is 0 Å². The zero-order valence-electron chi connectivity index (χ0n) is 13.2. The minimum absolute atomic E-state index is 0.330. The predicted octanol–water partition coefficient (Wildman–Crippen LogP) is 3.90. The number of aryl methyl sites for hydroxylation is 2. The topological polar surface area (TPSA) is 19.4 Å². The third kappa shape index (κ3) is 1.30. The van der Waals surface area contributed by atoms with Crippen molar-refractivity contribution in [1.82, 2.24) is 4.98 Å². The van der Waals surface area contributed by atoms with E-state index >= 15 is 0 Å². The molecule has 3 atom stereocenters. The molecule has 1 aromatic carbocycles. The fourth-order valence-corrected chi connectivity index (χ4v) is 4.31. The van der Waals surface area contributed by atoms with Crippen molar-refractivity contribution in [2.24, 2.45) is 5.92 Å². The van der Waals surface area contributed by atoms with Crippen molar-refractivity contribution in [1.29, 1.82) is 0 Å². The Morgan fingerprint density at radius 1 is 1.09 bits per heavy atom. The van der Waals surface area contributed by atoms with E-state index in [1.807, 2.05) is 6.20 Å². The number of fused-ring (bicyclic) bond motifs is 8. The summed E-state index contributed by atoms with van der Waals surface area (Å²) in [5.74, 6) is 2.13. The molecule has 3 nitrogen and oxygen atoms in total. The molecule has 5 rings (SSSR count). The fraction of sp³-hybridized carbons (Fsp3) is 0.316. The summed E-state index contributed by atoms with van der Waals surface area (Å²) in [6, 6.07) is 9.04. The van der Waals surface area contributed by atoms with Crippen LogP contribution in [0.3, 0.4) is 0 Å². The summed E-state index contributed by atoms with van der Waals surface area (Å²) < 4.78 is 0. The summed E-state index contributed by atoms with van der Waals surface area (Å²) in [5.41, 5.74) is 7.84. The van der Waals surface area contributed by atoms with Crippen molar-refractivity contribution < 1.29 is 0 Å². The van der Waals surface area contributed by atoms with Crippen LogP contribution in [0, 0.1) is 19.8 Å². The largest absolute Gasteiger partial charge is 0.350 e. The van der Waals surface area contributed by atoms with Crippen LogP contribution in [0.2, 0.25) is 0 Å². The lowest BCUT2D eigenvalue weighted by atomic mass is 9.98. The van der Waals surface area contributed by atoms with Crippen LogP contribution in [0.4, 0.5) is 17.2 Å². The van der Waals surface area contributed by atoms with Crippen LogP contribution >= 0.6 is 0 Å². The van der Waals surface area contributed by atoms with Gasteiger partial charge in [0.2, 0.25) is 0 Å². The van der Waals surface area contributed by atoms with E-state index in [9.17, 15) is 0 Å². The quantitative estimate of drug-likeness (QED) is 0.686. The number of rotatable bonds is 0. The van der Waals surface area contributed by atoms with Crippen molar-refractivity contribution in [2.45, 2.75) is 25.9 Å².